The first-order valence-electron chi connectivity index (χ1n) is 5.84. The molecule has 18 heavy (non-hydrogen) atoms. The van der Waals surface area contributed by atoms with Crippen LogP contribution in [0.15, 0.2) is 12.4 Å². The average molecular weight is 274 g/mol. The SMILES string of the molecule is Cn1cc(C(O)CC2CCCN2S(N)(=O)=O)cn1. The minimum atomic E-state index is -3.67. The third kappa shape index (κ3) is 2.89. The number of aromatic nitrogens is 2. The van der Waals surface area contributed by atoms with Gasteiger partial charge in [-0.1, -0.05) is 0 Å². The molecule has 7 nitrogen and oxygen atoms in total. The maximum atomic E-state index is 11.4. The van der Waals surface area contributed by atoms with Gasteiger partial charge in [0.15, 0.2) is 0 Å². The maximum absolute atomic E-state index is 11.4. The van der Waals surface area contributed by atoms with Gasteiger partial charge in [-0.3, -0.25) is 4.68 Å². The Balaban J connectivity index is 2.05. The van der Waals surface area contributed by atoms with Gasteiger partial charge in [0.1, 0.15) is 0 Å². The highest BCUT2D eigenvalue weighted by atomic mass is 32.2. The molecule has 0 amide bonds. The molecular formula is C10H18N4O3S. The van der Waals surface area contributed by atoms with Crippen molar-refractivity contribution in [2.45, 2.75) is 31.4 Å². The second-order valence-electron chi connectivity index (χ2n) is 4.65. The summed E-state index contributed by atoms with van der Waals surface area (Å²) in [4.78, 5) is 0. The molecule has 1 saturated heterocycles. The molecule has 1 aliphatic heterocycles. The third-order valence-corrected chi connectivity index (χ3v) is 4.39. The molecule has 1 fully saturated rings. The van der Waals surface area contributed by atoms with Crippen molar-refractivity contribution >= 4 is 10.2 Å². The molecule has 0 aliphatic carbocycles. The van der Waals surface area contributed by atoms with Crippen LogP contribution in [0, 0.1) is 0 Å². The van der Waals surface area contributed by atoms with Crippen LogP contribution in [-0.4, -0.2) is 40.2 Å². The zero-order chi connectivity index (χ0) is 13.3. The van der Waals surface area contributed by atoms with E-state index in [2.05, 4.69) is 5.10 Å². The highest BCUT2D eigenvalue weighted by Crippen LogP contribution is 2.28. The Kier molecular flexibility index (Phi) is 3.71. The van der Waals surface area contributed by atoms with Gasteiger partial charge >= 0.3 is 0 Å². The third-order valence-electron chi connectivity index (χ3n) is 3.25. The van der Waals surface area contributed by atoms with E-state index in [0.717, 1.165) is 12.8 Å². The predicted octanol–water partition coefficient (Wildman–Crippen LogP) is -0.488. The average Bonchev–Trinajstić information content (AvgIpc) is 2.85. The van der Waals surface area contributed by atoms with Crippen molar-refractivity contribution in [2.24, 2.45) is 12.2 Å². The standard InChI is InChI=1S/C10H18N4O3S/c1-13-7-8(6-12-13)10(15)5-9-3-2-4-14(9)18(11,16)17/h6-7,9-10,15H,2-5H2,1H3,(H2,11,16,17). The summed E-state index contributed by atoms with van der Waals surface area (Å²) in [7, 11) is -1.91. The molecule has 2 unspecified atom stereocenters. The lowest BCUT2D eigenvalue weighted by Crippen LogP contribution is -2.40. The minimum Gasteiger partial charge on any atom is -0.388 e. The minimum absolute atomic E-state index is 0.227. The van der Waals surface area contributed by atoms with Crippen LogP contribution < -0.4 is 5.14 Å². The Bertz CT molecular complexity index is 513. The Morgan fingerprint density at radius 3 is 2.94 bits per heavy atom. The molecule has 0 radical (unpaired) electrons. The number of aliphatic hydroxyl groups is 1. The van der Waals surface area contributed by atoms with E-state index >= 15 is 0 Å². The molecule has 2 atom stereocenters. The van der Waals surface area contributed by atoms with Gasteiger partial charge in [-0.05, 0) is 19.3 Å². The van der Waals surface area contributed by atoms with Gasteiger partial charge in [-0.25, -0.2) is 5.14 Å². The lowest BCUT2D eigenvalue weighted by atomic mass is 10.0. The van der Waals surface area contributed by atoms with Crippen LogP contribution in [0.3, 0.4) is 0 Å². The number of aryl methyl sites for hydroxylation is 1. The van der Waals surface area contributed by atoms with Crippen molar-refractivity contribution in [2.75, 3.05) is 6.54 Å². The zero-order valence-electron chi connectivity index (χ0n) is 10.2. The van der Waals surface area contributed by atoms with E-state index in [1.807, 2.05) is 0 Å². The Morgan fingerprint density at radius 1 is 1.67 bits per heavy atom. The number of aliphatic hydroxyl groups excluding tert-OH is 1. The summed E-state index contributed by atoms with van der Waals surface area (Å²) in [6, 6.07) is -0.227. The van der Waals surface area contributed by atoms with E-state index < -0.39 is 16.3 Å². The number of hydrogen-bond donors (Lipinski definition) is 2. The number of nitrogens with zero attached hydrogens (tertiary/aromatic N) is 3. The topological polar surface area (TPSA) is 101 Å². The second-order valence-corrected chi connectivity index (χ2v) is 6.15. The molecule has 0 saturated carbocycles. The van der Waals surface area contributed by atoms with E-state index in [-0.39, 0.29) is 6.04 Å². The van der Waals surface area contributed by atoms with Crippen molar-refractivity contribution in [3.8, 4) is 0 Å². The molecular weight excluding hydrogens is 256 g/mol. The maximum Gasteiger partial charge on any atom is 0.277 e. The Morgan fingerprint density at radius 2 is 2.39 bits per heavy atom. The van der Waals surface area contributed by atoms with Gasteiger partial charge in [0.25, 0.3) is 10.2 Å². The summed E-state index contributed by atoms with van der Waals surface area (Å²) in [5, 5.41) is 19.2. The molecule has 0 spiro atoms. The summed E-state index contributed by atoms with van der Waals surface area (Å²) < 4.78 is 25.6. The quantitative estimate of drug-likeness (QED) is 0.773. The number of nitrogens with two attached hydrogens (primary N) is 1. The van der Waals surface area contributed by atoms with Gasteiger partial charge in [-0.2, -0.15) is 17.8 Å². The fourth-order valence-electron chi connectivity index (χ4n) is 2.39. The first-order chi connectivity index (χ1) is 8.38. The van der Waals surface area contributed by atoms with Crippen LogP contribution in [-0.2, 0) is 17.3 Å². The smallest absolute Gasteiger partial charge is 0.277 e. The van der Waals surface area contributed by atoms with Gasteiger partial charge in [-0.15, -0.1) is 0 Å². The van der Waals surface area contributed by atoms with Gasteiger partial charge in [0.2, 0.25) is 0 Å². The van der Waals surface area contributed by atoms with E-state index in [4.69, 9.17) is 5.14 Å². The van der Waals surface area contributed by atoms with E-state index in [1.165, 1.54) is 4.31 Å². The van der Waals surface area contributed by atoms with Gasteiger partial charge in [0, 0.05) is 31.4 Å². The highest BCUT2D eigenvalue weighted by molar-refractivity contribution is 7.86. The summed E-state index contributed by atoms with van der Waals surface area (Å²) in [5.41, 5.74) is 0.693. The number of rotatable bonds is 4. The molecule has 8 heteroatoms. The monoisotopic (exact) mass is 274 g/mol. The highest BCUT2D eigenvalue weighted by Gasteiger charge is 2.33. The molecule has 1 aromatic rings. The Labute approximate surface area is 106 Å². The molecule has 2 rings (SSSR count). The van der Waals surface area contributed by atoms with Crippen molar-refractivity contribution in [3.05, 3.63) is 18.0 Å². The molecule has 2 heterocycles. The second kappa shape index (κ2) is 4.96. The lowest BCUT2D eigenvalue weighted by molar-refractivity contribution is 0.142. The summed E-state index contributed by atoms with van der Waals surface area (Å²) >= 11 is 0. The lowest BCUT2D eigenvalue weighted by Gasteiger charge is -2.23. The van der Waals surface area contributed by atoms with Crippen LogP contribution in [0.2, 0.25) is 0 Å². The zero-order valence-corrected chi connectivity index (χ0v) is 11.0. The fourth-order valence-corrected chi connectivity index (χ4v) is 3.38. The first-order valence-corrected chi connectivity index (χ1v) is 7.34. The molecule has 3 N–H and O–H groups in total. The van der Waals surface area contributed by atoms with Crippen molar-refractivity contribution in [1.29, 1.82) is 0 Å². The molecule has 102 valence electrons. The van der Waals surface area contributed by atoms with Crippen molar-refractivity contribution < 1.29 is 13.5 Å². The van der Waals surface area contributed by atoms with Crippen molar-refractivity contribution in [1.82, 2.24) is 14.1 Å². The number of hydrogen-bond acceptors (Lipinski definition) is 4. The predicted molar refractivity (Wildman–Crippen MR) is 65.6 cm³/mol. The first kappa shape index (κ1) is 13.5. The van der Waals surface area contributed by atoms with Gasteiger partial charge < -0.3 is 5.11 Å². The van der Waals surface area contributed by atoms with Crippen LogP contribution in [0.4, 0.5) is 0 Å². The largest absolute Gasteiger partial charge is 0.388 e. The van der Waals surface area contributed by atoms with Gasteiger partial charge in [0.05, 0.1) is 12.3 Å². The van der Waals surface area contributed by atoms with Crippen LogP contribution >= 0.6 is 0 Å². The van der Waals surface area contributed by atoms with Crippen LogP contribution in [0.5, 0.6) is 0 Å². The van der Waals surface area contributed by atoms with Crippen molar-refractivity contribution in [3.63, 3.8) is 0 Å². The van der Waals surface area contributed by atoms with Crippen LogP contribution in [0.25, 0.3) is 0 Å². The molecule has 0 bridgehead atoms. The Hall–Kier alpha value is -0.960. The molecule has 0 aromatic carbocycles. The van der Waals surface area contributed by atoms with Crippen LogP contribution in [0.1, 0.15) is 30.9 Å². The summed E-state index contributed by atoms with van der Waals surface area (Å²) in [5.74, 6) is 0. The normalized spacial score (nSPS) is 23.4. The molecule has 1 aromatic heterocycles. The summed E-state index contributed by atoms with van der Waals surface area (Å²) in [6.07, 6.45) is 4.45. The van der Waals surface area contributed by atoms with E-state index in [0.29, 0.717) is 18.5 Å². The van der Waals surface area contributed by atoms with E-state index in [1.54, 1.807) is 24.1 Å². The fraction of sp³-hybridized carbons (Fsp3) is 0.700. The molecule has 1 aliphatic rings. The van der Waals surface area contributed by atoms with E-state index in [9.17, 15) is 13.5 Å². The summed E-state index contributed by atoms with van der Waals surface area (Å²) in [6.45, 7) is 0.434.